The molecule has 22 heavy (non-hydrogen) atoms. The summed E-state index contributed by atoms with van der Waals surface area (Å²) in [5.74, 6) is 0.972. The Balaban J connectivity index is 1.96. The molecule has 3 heteroatoms. The second-order valence-electron chi connectivity index (χ2n) is 8.56. The molecule has 1 saturated carbocycles. The monoisotopic (exact) mass is 308 g/mol. The number of nitrogens with zero attached hydrogens (tertiary/aromatic N) is 1. The number of amides is 1. The summed E-state index contributed by atoms with van der Waals surface area (Å²) in [6.07, 6.45) is 10.6. The van der Waals surface area contributed by atoms with Crippen molar-refractivity contribution < 1.29 is 4.79 Å². The first-order valence-electron chi connectivity index (χ1n) is 9.45. The van der Waals surface area contributed by atoms with Crippen LogP contribution in [0.5, 0.6) is 0 Å². The number of carbonyl (C=O) groups excluding carboxylic acids is 1. The van der Waals surface area contributed by atoms with Gasteiger partial charge in [-0.2, -0.15) is 0 Å². The van der Waals surface area contributed by atoms with Crippen LogP contribution in [-0.4, -0.2) is 36.0 Å². The standard InChI is InChI=1S/C19H36N2O/c1-5-6-9-15-12-16(20-18(22)19(2,3)4)14-21(13-15)17-10-7-8-11-17/h15-17H,5-14H2,1-4H3,(H,20,22). The van der Waals surface area contributed by atoms with Gasteiger partial charge in [0, 0.05) is 30.6 Å². The van der Waals surface area contributed by atoms with Crippen LogP contribution in [0.2, 0.25) is 0 Å². The summed E-state index contributed by atoms with van der Waals surface area (Å²) in [6.45, 7) is 10.6. The molecule has 0 aromatic rings. The fraction of sp³-hybridized carbons (Fsp3) is 0.947. The van der Waals surface area contributed by atoms with Gasteiger partial charge in [-0.25, -0.2) is 0 Å². The van der Waals surface area contributed by atoms with Crippen molar-refractivity contribution in [3.8, 4) is 0 Å². The summed E-state index contributed by atoms with van der Waals surface area (Å²) >= 11 is 0. The number of unbranched alkanes of at least 4 members (excludes halogenated alkanes) is 1. The Labute approximate surface area is 137 Å². The van der Waals surface area contributed by atoms with Gasteiger partial charge in [0.05, 0.1) is 0 Å². The summed E-state index contributed by atoms with van der Waals surface area (Å²) in [4.78, 5) is 15.1. The van der Waals surface area contributed by atoms with Crippen LogP contribution in [0, 0.1) is 11.3 Å². The van der Waals surface area contributed by atoms with Crippen molar-refractivity contribution in [2.75, 3.05) is 13.1 Å². The van der Waals surface area contributed by atoms with E-state index in [0.29, 0.717) is 6.04 Å². The number of nitrogens with one attached hydrogen (secondary N) is 1. The summed E-state index contributed by atoms with van der Waals surface area (Å²) < 4.78 is 0. The zero-order chi connectivity index (χ0) is 16.2. The number of rotatable bonds is 5. The fourth-order valence-electron chi connectivity index (χ4n) is 4.02. The van der Waals surface area contributed by atoms with Crippen LogP contribution in [0.15, 0.2) is 0 Å². The van der Waals surface area contributed by atoms with Crippen molar-refractivity contribution >= 4 is 5.91 Å². The normalized spacial score (nSPS) is 28.0. The summed E-state index contributed by atoms with van der Waals surface area (Å²) in [5.41, 5.74) is -0.283. The van der Waals surface area contributed by atoms with Crippen molar-refractivity contribution in [1.82, 2.24) is 10.2 Å². The van der Waals surface area contributed by atoms with Gasteiger partial charge >= 0.3 is 0 Å². The molecular formula is C19H36N2O. The van der Waals surface area contributed by atoms with Gasteiger partial charge in [0.25, 0.3) is 0 Å². The minimum atomic E-state index is -0.283. The van der Waals surface area contributed by atoms with E-state index in [2.05, 4.69) is 17.1 Å². The first kappa shape index (κ1) is 17.8. The van der Waals surface area contributed by atoms with Crippen LogP contribution >= 0.6 is 0 Å². The van der Waals surface area contributed by atoms with Crippen LogP contribution in [0.1, 0.15) is 79.1 Å². The Kier molecular flexibility index (Phi) is 6.31. The average molecular weight is 309 g/mol. The number of likely N-dealkylation sites (tertiary alicyclic amines) is 1. The number of carbonyl (C=O) groups is 1. The number of hydrogen-bond acceptors (Lipinski definition) is 2. The Morgan fingerprint density at radius 1 is 1.18 bits per heavy atom. The molecule has 1 heterocycles. The molecule has 0 aromatic carbocycles. The largest absolute Gasteiger partial charge is 0.352 e. The molecule has 2 fully saturated rings. The van der Waals surface area contributed by atoms with Crippen LogP contribution in [-0.2, 0) is 4.79 Å². The molecule has 2 aliphatic rings. The van der Waals surface area contributed by atoms with Gasteiger partial charge in [0.1, 0.15) is 0 Å². The molecule has 2 rings (SSSR count). The molecule has 3 nitrogen and oxygen atoms in total. The fourth-order valence-corrected chi connectivity index (χ4v) is 4.02. The van der Waals surface area contributed by atoms with Crippen LogP contribution in [0.4, 0.5) is 0 Å². The number of piperidine rings is 1. The zero-order valence-corrected chi connectivity index (χ0v) is 15.2. The quantitative estimate of drug-likeness (QED) is 0.833. The molecule has 0 radical (unpaired) electrons. The highest BCUT2D eigenvalue weighted by Gasteiger charge is 2.34. The topological polar surface area (TPSA) is 32.3 Å². The Hall–Kier alpha value is -0.570. The average Bonchev–Trinajstić information content (AvgIpc) is 2.98. The van der Waals surface area contributed by atoms with E-state index in [1.165, 1.54) is 57.9 Å². The lowest BCUT2D eigenvalue weighted by Crippen LogP contribution is -2.54. The highest BCUT2D eigenvalue weighted by atomic mass is 16.2. The van der Waals surface area contributed by atoms with Crippen LogP contribution in [0.3, 0.4) is 0 Å². The van der Waals surface area contributed by atoms with Crippen molar-refractivity contribution in [2.45, 2.75) is 91.1 Å². The van der Waals surface area contributed by atoms with E-state index < -0.39 is 0 Å². The molecule has 0 spiro atoms. The third kappa shape index (κ3) is 4.97. The van der Waals surface area contributed by atoms with Crippen LogP contribution < -0.4 is 5.32 Å². The predicted molar refractivity (Wildman–Crippen MR) is 92.8 cm³/mol. The maximum Gasteiger partial charge on any atom is 0.225 e. The molecule has 1 aliphatic heterocycles. The molecule has 1 aliphatic carbocycles. The predicted octanol–water partition coefficient (Wildman–Crippen LogP) is 3.97. The van der Waals surface area contributed by atoms with Crippen molar-refractivity contribution in [1.29, 1.82) is 0 Å². The van der Waals surface area contributed by atoms with Gasteiger partial charge in [-0.05, 0) is 31.6 Å². The molecule has 0 bridgehead atoms. The van der Waals surface area contributed by atoms with Gasteiger partial charge in [-0.1, -0.05) is 53.4 Å². The van der Waals surface area contributed by atoms with E-state index in [1.54, 1.807) is 0 Å². The van der Waals surface area contributed by atoms with Gasteiger partial charge in [0.2, 0.25) is 5.91 Å². The summed E-state index contributed by atoms with van der Waals surface area (Å²) in [7, 11) is 0. The zero-order valence-electron chi connectivity index (χ0n) is 15.2. The van der Waals surface area contributed by atoms with Gasteiger partial charge in [-0.15, -0.1) is 0 Å². The lowest BCUT2D eigenvalue weighted by Gasteiger charge is -2.42. The van der Waals surface area contributed by atoms with Crippen LogP contribution in [0.25, 0.3) is 0 Å². The maximum absolute atomic E-state index is 12.4. The molecule has 1 saturated heterocycles. The summed E-state index contributed by atoms with van der Waals surface area (Å²) in [5, 5.41) is 3.34. The smallest absolute Gasteiger partial charge is 0.225 e. The minimum Gasteiger partial charge on any atom is -0.352 e. The van der Waals surface area contributed by atoms with Crippen molar-refractivity contribution in [3.05, 3.63) is 0 Å². The lowest BCUT2D eigenvalue weighted by molar-refractivity contribution is -0.129. The second-order valence-corrected chi connectivity index (χ2v) is 8.56. The van der Waals surface area contributed by atoms with E-state index >= 15 is 0 Å². The first-order valence-corrected chi connectivity index (χ1v) is 9.45. The maximum atomic E-state index is 12.4. The lowest BCUT2D eigenvalue weighted by atomic mass is 9.87. The summed E-state index contributed by atoms with van der Waals surface area (Å²) in [6, 6.07) is 1.13. The molecule has 1 N–H and O–H groups in total. The van der Waals surface area contributed by atoms with E-state index in [4.69, 9.17) is 0 Å². The highest BCUT2D eigenvalue weighted by molar-refractivity contribution is 5.81. The molecule has 128 valence electrons. The van der Waals surface area contributed by atoms with Gasteiger partial charge in [0.15, 0.2) is 0 Å². The van der Waals surface area contributed by atoms with Gasteiger partial charge in [-0.3, -0.25) is 9.69 Å². The first-order chi connectivity index (χ1) is 10.4. The molecule has 0 aromatic heterocycles. The molecule has 2 atom stereocenters. The molecule has 1 amide bonds. The van der Waals surface area contributed by atoms with Gasteiger partial charge < -0.3 is 5.32 Å². The van der Waals surface area contributed by atoms with Crippen molar-refractivity contribution in [3.63, 3.8) is 0 Å². The third-order valence-electron chi connectivity index (χ3n) is 5.39. The van der Waals surface area contributed by atoms with E-state index in [9.17, 15) is 4.79 Å². The van der Waals surface area contributed by atoms with Crippen molar-refractivity contribution in [2.24, 2.45) is 11.3 Å². The SMILES string of the molecule is CCCCC1CC(NC(=O)C(C)(C)C)CN(C2CCCC2)C1. The van der Waals surface area contributed by atoms with E-state index in [-0.39, 0.29) is 11.3 Å². The van der Waals surface area contributed by atoms with E-state index in [0.717, 1.165) is 18.5 Å². The Morgan fingerprint density at radius 2 is 1.86 bits per heavy atom. The Morgan fingerprint density at radius 3 is 2.45 bits per heavy atom. The highest BCUT2D eigenvalue weighted by Crippen LogP contribution is 2.30. The third-order valence-corrected chi connectivity index (χ3v) is 5.39. The van der Waals surface area contributed by atoms with E-state index in [1.807, 2.05) is 20.8 Å². The second kappa shape index (κ2) is 7.81. The minimum absolute atomic E-state index is 0.208. The molecule has 2 unspecified atom stereocenters. The molecular weight excluding hydrogens is 272 g/mol. The Bertz CT molecular complexity index is 355. The number of hydrogen-bond donors (Lipinski definition) is 1.